The fourth-order valence-electron chi connectivity index (χ4n) is 2.21. The minimum Gasteiger partial charge on any atom is -0.453 e. The Bertz CT molecular complexity index is 805. The van der Waals surface area contributed by atoms with Crippen LogP contribution in [-0.4, -0.2) is 23.8 Å². The first-order valence-electron chi connectivity index (χ1n) is 8.21. The van der Waals surface area contributed by atoms with Crippen molar-refractivity contribution in [1.82, 2.24) is 0 Å². The van der Waals surface area contributed by atoms with Gasteiger partial charge in [-0.25, -0.2) is 4.39 Å². The van der Waals surface area contributed by atoms with E-state index in [1.54, 1.807) is 43.3 Å². The number of rotatable bonds is 7. The lowest BCUT2D eigenvalue weighted by Crippen LogP contribution is -2.30. The third-order valence-electron chi connectivity index (χ3n) is 3.77. The summed E-state index contributed by atoms with van der Waals surface area (Å²) >= 11 is 0. The van der Waals surface area contributed by atoms with Gasteiger partial charge in [0.1, 0.15) is 5.82 Å². The molecule has 0 aliphatic carbocycles. The molecule has 0 aliphatic heterocycles. The molecule has 0 spiro atoms. The minimum atomic E-state index is -1.06. The number of halogens is 1. The van der Waals surface area contributed by atoms with Crippen molar-refractivity contribution in [2.24, 2.45) is 0 Å². The third kappa shape index (κ3) is 5.51. The zero-order valence-corrected chi connectivity index (χ0v) is 14.6. The van der Waals surface area contributed by atoms with Gasteiger partial charge in [0.05, 0.1) is 6.42 Å². The van der Waals surface area contributed by atoms with Gasteiger partial charge < -0.3 is 10.1 Å². The van der Waals surface area contributed by atoms with Gasteiger partial charge in [-0.1, -0.05) is 36.4 Å². The topological polar surface area (TPSA) is 72.5 Å². The maximum atomic E-state index is 13.5. The number of ketones is 1. The van der Waals surface area contributed by atoms with E-state index in [2.05, 4.69) is 5.32 Å². The molecule has 2 aromatic carbocycles. The van der Waals surface area contributed by atoms with Crippen LogP contribution in [0.1, 0.15) is 35.7 Å². The monoisotopic (exact) mass is 357 g/mol. The molecule has 1 amide bonds. The molecular formula is C20H20FNO4. The van der Waals surface area contributed by atoms with E-state index >= 15 is 0 Å². The zero-order valence-electron chi connectivity index (χ0n) is 14.6. The van der Waals surface area contributed by atoms with Crippen molar-refractivity contribution in [3.05, 3.63) is 65.5 Å². The van der Waals surface area contributed by atoms with Crippen molar-refractivity contribution >= 4 is 23.3 Å². The largest absolute Gasteiger partial charge is 0.453 e. The van der Waals surface area contributed by atoms with Crippen LogP contribution in [0.2, 0.25) is 0 Å². The number of carbonyl (C=O) groups is 3. The molecular weight excluding hydrogens is 337 g/mol. The number of esters is 1. The highest BCUT2D eigenvalue weighted by atomic mass is 19.1. The Morgan fingerprint density at radius 3 is 2.42 bits per heavy atom. The maximum absolute atomic E-state index is 13.5. The van der Waals surface area contributed by atoms with Crippen molar-refractivity contribution in [1.29, 1.82) is 0 Å². The second kappa shape index (κ2) is 8.89. The Hall–Kier alpha value is -3.02. The molecule has 5 nitrogen and oxygen atoms in total. The molecule has 0 fully saturated rings. The molecule has 26 heavy (non-hydrogen) atoms. The number of benzene rings is 2. The zero-order chi connectivity index (χ0) is 19.1. The van der Waals surface area contributed by atoms with Crippen LogP contribution in [0.25, 0.3) is 0 Å². The normalized spacial score (nSPS) is 11.5. The Balaban J connectivity index is 1.81. The molecule has 0 aromatic heterocycles. The summed E-state index contributed by atoms with van der Waals surface area (Å²) in [5.41, 5.74) is 1.26. The van der Waals surface area contributed by atoms with E-state index in [-0.39, 0.29) is 24.3 Å². The van der Waals surface area contributed by atoms with Crippen molar-refractivity contribution in [3.63, 3.8) is 0 Å². The van der Waals surface area contributed by atoms with Gasteiger partial charge in [0.2, 0.25) is 0 Å². The van der Waals surface area contributed by atoms with Gasteiger partial charge in [-0.05, 0) is 31.5 Å². The quantitative estimate of drug-likeness (QED) is 0.606. The molecule has 0 unspecified atom stereocenters. The lowest BCUT2D eigenvalue weighted by Gasteiger charge is -2.13. The highest BCUT2D eigenvalue weighted by Gasteiger charge is 2.19. The molecule has 0 radical (unpaired) electrons. The first-order chi connectivity index (χ1) is 12.4. The molecule has 0 aliphatic rings. The van der Waals surface area contributed by atoms with E-state index in [4.69, 9.17) is 4.74 Å². The van der Waals surface area contributed by atoms with Gasteiger partial charge in [-0.2, -0.15) is 0 Å². The summed E-state index contributed by atoms with van der Waals surface area (Å²) in [5, 5.41) is 2.48. The molecule has 136 valence electrons. The van der Waals surface area contributed by atoms with Crippen LogP contribution < -0.4 is 5.32 Å². The van der Waals surface area contributed by atoms with E-state index in [9.17, 15) is 18.8 Å². The van der Waals surface area contributed by atoms with Crippen LogP contribution in [0.15, 0.2) is 48.5 Å². The van der Waals surface area contributed by atoms with E-state index in [1.165, 1.54) is 19.1 Å². The summed E-state index contributed by atoms with van der Waals surface area (Å²) in [4.78, 5) is 35.8. The molecule has 0 bridgehead atoms. The fraction of sp³-hybridized carbons (Fsp3) is 0.250. The predicted octanol–water partition coefficient (Wildman–Crippen LogP) is 3.67. The summed E-state index contributed by atoms with van der Waals surface area (Å²) in [5.74, 6) is -1.83. The number of aryl methyl sites for hydroxylation is 1. The fourth-order valence-corrected chi connectivity index (χ4v) is 2.21. The average molecular weight is 357 g/mol. The smallest absolute Gasteiger partial charge is 0.307 e. The Kier molecular flexibility index (Phi) is 6.60. The number of anilines is 1. The molecule has 6 heteroatoms. The van der Waals surface area contributed by atoms with E-state index in [0.29, 0.717) is 11.1 Å². The minimum absolute atomic E-state index is 0.000356. The molecule has 2 rings (SSSR count). The van der Waals surface area contributed by atoms with Crippen LogP contribution >= 0.6 is 0 Å². The Morgan fingerprint density at radius 1 is 1.08 bits per heavy atom. The maximum Gasteiger partial charge on any atom is 0.307 e. The predicted molar refractivity (Wildman–Crippen MR) is 95.3 cm³/mol. The first-order valence-corrected chi connectivity index (χ1v) is 8.21. The highest BCUT2D eigenvalue weighted by Crippen LogP contribution is 2.14. The number of amides is 1. The number of Topliss-reactive ketones (excluding diaryl/α,β-unsaturated/α-hetero) is 1. The molecule has 2 aromatic rings. The van der Waals surface area contributed by atoms with E-state index in [1.807, 2.05) is 0 Å². The van der Waals surface area contributed by atoms with Gasteiger partial charge in [0, 0.05) is 17.7 Å². The SMILES string of the molecule is Cc1ccc(NC(=O)[C@H](C)OC(=O)CCC(=O)c2ccccc2)cc1F. The Morgan fingerprint density at radius 2 is 1.77 bits per heavy atom. The second-order valence-electron chi connectivity index (χ2n) is 5.87. The first kappa shape index (κ1) is 19.3. The molecule has 0 heterocycles. The number of hydrogen-bond acceptors (Lipinski definition) is 4. The van der Waals surface area contributed by atoms with Crippen LogP contribution in [0.3, 0.4) is 0 Å². The Labute approximate surface area is 151 Å². The van der Waals surface area contributed by atoms with Gasteiger partial charge in [-0.15, -0.1) is 0 Å². The molecule has 1 atom stereocenters. The summed E-state index contributed by atoms with van der Waals surface area (Å²) in [7, 11) is 0. The highest BCUT2D eigenvalue weighted by molar-refractivity contribution is 5.98. The van der Waals surface area contributed by atoms with E-state index < -0.39 is 23.8 Å². The van der Waals surface area contributed by atoms with Crippen LogP contribution in [0.5, 0.6) is 0 Å². The number of carbonyl (C=O) groups excluding carboxylic acids is 3. The van der Waals surface area contributed by atoms with Gasteiger partial charge in [0.25, 0.3) is 5.91 Å². The summed E-state index contributed by atoms with van der Waals surface area (Å²) < 4.78 is 18.5. The lowest BCUT2D eigenvalue weighted by atomic mass is 10.1. The number of hydrogen-bond donors (Lipinski definition) is 1. The summed E-state index contributed by atoms with van der Waals surface area (Å²) in [6.07, 6.45) is -1.18. The van der Waals surface area contributed by atoms with Crippen LogP contribution in [0, 0.1) is 12.7 Å². The standard InChI is InChI=1S/C20H20FNO4/c1-13-8-9-16(12-17(13)21)22-20(25)14(2)26-19(24)11-10-18(23)15-6-4-3-5-7-15/h3-9,12,14H,10-11H2,1-2H3,(H,22,25)/t14-/m0/s1. The molecule has 0 saturated heterocycles. The lowest BCUT2D eigenvalue weighted by molar-refractivity contribution is -0.153. The number of nitrogens with one attached hydrogen (secondary N) is 1. The average Bonchev–Trinajstić information content (AvgIpc) is 2.63. The van der Waals surface area contributed by atoms with Crippen LogP contribution in [0.4, 0.5) is 10.1 Å². The van der Waals surface area contributed by atoms with Crippen molar-refractivity contribution < 1.29 is 23.5 Å². The second-order valence-corrected chi connectivity index (χ2v) is 5.87. The summed E-state index contributed by atoms with van der Waals surface area (Å²) in [6.45, 7) is 3.03. The van der Waals surface area contributed by atoms with Gasteiger partial charge >= 0.3 is 5.97 Å². The van der Waals surface area contributed by atoms with Crippen molar-refractivity contribution in [2.45, 2.75) is 32.8 Å². The van der Waals surface area contributed by atoms with Gasteiger partial charge in [-0.3, -0.25) is 14.4 Å². The van der Waals surface area contributed by atoms with Crippen molar-refractivity contribution in [2.75, 3.05) is 5.32 Å². The van der Waals surface area contributed by atoms with E-state index in [0.717, 1.165) is 0 Å². The summed E-state index contributed by atoms with van der Waals surface area (Å²) in [6, 6.07) is 12.9. The third-order valence-corrected chi connectivity index (χ3v) is 3.77. The van der Waals surface area contributed by atoms with Crippen molar-refractivity contribution in [3.8, 4) is 0 Å². The number of ether oxygens (including phenoxy) is 1. The van der Waals surface area contributed by atoms with Crippen LogP contribution in [-0.2, 0) is 14.3 Å². The molecule has 1 N–H and O–H groups in total. The molecule has 0 saturated carbocycles. The van der Waals surface area contributed by atoms with Gasteiger partial charge in [0.15, 0.2) is 11.9 Å².